The number of halogens is 3. The first-order valence-corrected chi connectivity index (χ1v) is 12.6. The van der Waals surface area contributed by atoms with Crippen molar-refractivity contribution in [1.29, 1.82) is 0 Å². The number of aryl methyl sites for hydroxylation is 2. The van der Waals surface area contributed by atoms with E-state index in [1.807, 2.05) is 19.1 Å². The highest BCUT2D eigenvalue weighted by molar-refractivity contribution is 7.85. The van der Waals surface area contributed by atoms with Crippen molar-refractivity contribution < 1.29 is 18.8 Å². The van der Waals surface area contributed by atoms with Crippen molar-refractivity contribution in [2.24, 2.45) is 13.0 Å². The molecule has 0 unspecified atom stereocenters. The van der Waals surface area contributed by atoms with Crippen LogP contribution in [0.3, 0.4) is 0 Å². The summed E-state index contributed by atoms with van der Waals surface area (Å²) in [7, 11) is 0.542. The van der Waals surface area contributed by atoms with E-state index < -0.39 is 22.5 Å². The summed E-state index contributed by atoms with van der Waals surface area (Å²) in [5.41, 5.74) is 0.551. The Morgan fingerprint density at radius 1 is 1.21 bits per heavy atom. The summed E-state index contributed by atoms with van der Waals surface area (Å²) in [5, 5.41) is 7.14. The van der Waals surface area contributed by atoms with Crippen molar-refractivity contribution in [2.45, 2.75) is 62.3 Å². The zero-order valence-electron chi connectivity index (χ0n) is 19.4. The average Bonchev–Trinajstić information content (AvgIpc) is 3.25. The number of rotatable bonds is 6. The minimum absolute atomic E-state index is 0. The van der Waals surface area contributed by atoms with Crippen molar-refractivity contribution >= 4 is 22.4 Å². The molecular formula is C24H30F3N5OS. The summed E-state index contributed by atoms with van der Waals surface area (Å²) in [4.78, 5) is 8.81. The fourth-order valence-corrected chi connectivity index (χ4v) is 5.96. The van der Waals surface area contributed by atoms with E-state index in [9.17, 15) is 17.4 Å². The molecule has 0 aliphatic heterocycles. The van der Waals surface area contributed by atoms with Gasteiger partial charge in [-0.25, -0.2) is 9.97 Å². The quantitative estimate of drug-likeness (QED) is 0.438. The molecule has 0 radical (unpaired) electrons. The molecule has 0 spiro atoms. The summed E-state index contributed by atoms with van der Waals surface area (Å²) in [5.74, 6) is 0.781. The fourth-order valence-electron chi connectivity index (χ4n) is 4.38. The molecule has 2 aromatic heterocycles. The van der Waals surface area contributed by atoms with Gasteiger partial charge in [0.1, 0.15) is 5.56 Å². The van der Waals surface area contributed by atoms with Gasteiger partial charge in [0.15, 0.2) is 0 Å². The molecule has 0 amide bonds. The lowest BCUT2D eigenvalue weighted by Crippen LogP contribution is -2.23. The molecule has 3 aromatic rings. The normalized spacial score (nSPS) is 19.7. The van der Waals surface area contributed by atoms with E-state index in [1.54, 1.807) is 13.1 Å². The second-order valence-corrected chi connectivity index (χ2v) is 10.5. The molecule has 1 atom stereocenters. The number of benzene rings is 1. The molecule has 0 bridgehead atoms. The highest BCUT2D eigenvalue weighted by Crippen LogP contribution is 2.36. The summed E-state index contributed by atoms with van der Waals surface area (Å²) >= 11 is 0. The van der Waals surface area contributed by atoms with Crippen LogP contribution >= 0.6 is 0 Å². The molecule has 10 heteroatoms. The monoisotopic (exact) mass is 493 g/mol. The highest BCUT2D eigenvalue weighted by atomic mass is 32.2. The Hall–Kier alpha value is -2.75. The SMILES string of the molecule is CCC1CCC([S@](=O)c2ccc(Nc3ncc(C(F)(F)F)c(-c4cnn(C)c4)n3)c(C)c2)CC1.[HH]. The lowest BCUT2D eigenvalue weighted by atomic mass is 9.87. The molecule has 1 N–H and O–H groups in total. The van der Waals surface area contributed by atoms with Crippen molar-refractivity contribution in [2.75, 3.05) is 5.32 Å². The van der Waals surface area contributed by atoms with Gasteiger partial charge >= 0.3 is 6.18 Å². The van der Waals surface area contributed by atoms with Gasteiger partial charge in [-0.1, -0.05) is 13.3 Å². The predicted octanol–water partition coefficient (Wildman–Crippen LogP) is 6.27. The van der Waals surface area contributed by atoms with E-state index in [2.05, 4.69) is 27.3 Å². The summed E-state index contributed by atoms with van der Waals surface area (Å²) in [6.07, 6.45) is 4.36. The molecular weight excluding hydrogens is 463 g/mol. The van der Waals surface area contributed by atoms with Crippen molar-refractivity contribution in [3.8, 4) is 11.3 Å². The summed E-state index contributed by atoms with van der Waals surface area (Å²) in [6.45, 7) is 4.07. The number of alkyl halides is 3. The van der Waals surface area contributed by atoms with Crippen LogP contribution in [0, 0.1) is 12.8 Å². The second kappa shape index (κ2) is 9.85. The van der Waals surface area contributed by atoms with Gasteiger partial charge in [0.25, 0.3) is 0 Å². The van der Waals surface area contributed by atoms with E-state index in [1.165, 1.54) is 23.5 Å². The van der Waals surface area contributed by atoms with Crippen LogP contribution in [-0.2, 0) is 24.0 Å². The van der Waals surface area contributed by atoms with Gasteiger partial charge in [-0.15, -0.1) is 0 Å². The molecule has 1 aliphatic carbocycles. The van der Waals surface area contributed by atoms with Crippen LogP contribution in [0.2, 0.25) is 0 Å². The third-order valence-electron chi connectivity index (χ3n) is 6.42. The Balaban J connectivity index is 0.00000342. The number of nitrogens with zero attached hydrogens (tertiary/aromatic N) is 4. The van der Waals surface area contributed by atoms with Gasteiger partial charge in [0, 0.05) is 42.3 Å². The predicted molar refractivity (Wildman–Crippen MR) is 128 cm³/mol. The molecule has 184 valence electrons. The average molecular weight is 494 g/mol. The molecule has 1 saturated carbocycles. The maximum absolute atomic E-state index is 13.5. The van der Waals surface area contributed by atoms with Crippen LogP contribution in [-0.4, -0.2) is 29.2 Å². The lowest BCUT2D eigenvalue weighted by Gasteiger charge is -2.27. The standard InChI is InChI=1S/C24H28F3N5OS.H2/c1-4-16-5-7-18(8-6-16)34(33)19-9-10-21(15(2)11-19)30-23-28-13-20(24(25,26)27)22(31-23)17-12-29-32(3)14-17;/h9-14,16,18H,4-8H2,1-3H3,(H,28,30,31);1H/t16?,18?,34-;/m0./s1. The van der Waals surface area contributed by atoms with Crippen LogP contribution in [0.15, 0.2) is 41.7 Å². The first kappa shape index (κ1) is 24.4. The van der Waals surface area contributed by atoms with E-state index in [4.69, 9.17) is 0 Å². The Kier molecular flexibility index (Phi) is 7.06. The topological polar surface area (TPSA) is 72.7 Å². The van der Waals surface area contributed by atoms with E-state index in [0.29, 0.717) is 5.69 Å². The Morgan fingerprint density at radius 2 is 1.94 bits per heavy atom. The first-order chi connectivity index (χ1) is 16.2. The molecule has 1 aliphatic rings. The number of aromatic nitrogens is 4. The van der Waals surface area contributed by atoms with E-state index in [-0.39, 0.29) is 23.9 Å². The molecule has 6 nitrogen and oxygen atoms in total. The molecule has 2 heterocycles. The minimum Gasteiger partial charge on any atom is -0.324 e. The first-order valence-electron chi connectivity index (χ1n) is 11.4. The van der Waals surface area contributed by atoms with Crippen molar-refractivity contribution in [3.05, 3.63) is 47.9 Å². The van der Waals surface area contributed by atoms with Crippen LogP contribution in [0.1, 0.15) is 51.6 Å². The number of hydrogen-bond acceptors (Lipinski definition) is 5. The Bertz CT molecular complexity index is 1190. The second-order valence-electron chi connectivity index (χ2n) is 8.81. The molecule has 1 aromatic carbocycles. The van der Waals surface area contributed by atoms with Gasteiger partial charge < -0.3 is 5.32 Å². The maximum atomic E-state index is 13.5. The van der Waals surface area contributed by atoms with Gasteiger partial charge in [-0.2, -0.15) is 18.3 Å². The molecule has 34 heavy (non-hydrogen) atoms. The maximum Gasteiger partial charge on any atom is 0.419 e. The van der Waals surface area contributed by atoms with E-state index >= 15 is 0 Å². The van der Waals surface area contributed by atoms with Crippen LogP contribution in [0.5, 0.6) is 0 Å². The van der Waals surface area contributed by atoms with Crippen molar-refractivity contribution in [3.63, 3.8) is 0 Å². The van der Waals surface area contributed by atoms with Crippen LogP contribution in [0.4, 0.5) is 24.8 Å². The van der Waals surface area contributed by atoms with Gasteiger partial charge in [0.05, 0.1) is 22.7 Å². The fraction of sp³-hybridized carbons (Fsp3) is 0.458. The largest absolute Gasteiger partial charge is 0.419 e. The van der Waals surface area contributed by atoms with Crippen LogP contribution in [0.25, 0.3) is 11.3 Å². The zero-order valence-corrected chi connectivity index (χ0v) is 20.2. The number of hydrogen-bond donors (Lipinski definition) is 1. The van der Waals surface area contributed by atoms with Gasteiger partial charge in [-0.05, 0) is 62.3 Å². The molecule has 1 fully saturated rings. The lowest BCUT2D eigenvalue weighted by molar-refractivity contribution is -0.137. The third-order valence-corrected chi connectivity index (χ3v) is 8.22. The minimum atomic E-state index is -4.60. The van der Waals surface area contributed by atoms with E-state index in [0.717, 1.165) is 48.3 Å². The van der Waals surface area contributed by atoms with Gasteiger partial charge in [-0.3, -0.25) is 8.89 Å². The van der Waals surface area contributed by atoms with Gasteiger partial charge in [0.2, 0.25) is 5.95 Å². The molecule has 4 rings (SSSR count). The van der Waals surface area contributed by atoms with Crippen molar-refractivity contribution in [1.82, 2.24) is 19.7 Å². The number of anilines is 2. The summed E-state index contributed by atoms with van der Waals surface area (Å²) < 4.78 is 55.1. The Labute approximate surface area is 201 Å². The molecule has 0 saturated heterocycles. The third kappa shape index (κ3) is 5.32. The van der Waals surface area contributed by atoms with Crippen LogP contribution < -0.4 is 5.32 Å². The smallest absolute Gasteiger partial charge is 0.324 e. The zero-order chi connectivity index (χ0) is 24.5. The number of nitrogens with one attached hydrogen (secondary N) is 1. The Morgan fingerprint density at radius 3 is 2.53 bits per heavy atom. The summed E-state index contributed by atoms with van der Waals surface area (Å²) in [6, 6.07) is 5.46. The highest BCUT2D eigenvalue weighted by Gasteiger charge is 2.36.